The summed E-state index contributed by atoms with van der Waals surface area (Å²) in [5, 5.41) is 19.8. The number of rotatable bonds is 4. The number of amides is 1. The Morgan fingerprint density at radius 1 is 1.86 bits per heavy atom. The van der Waals surface area contributed by atoms with E-state index in [0.29, 0.717) is 13.0 Å². The Bertz CT molecular complexity index is 286. The van der Waals surface area contributed by atoms with Crippen molar-refractivity contribution in [3.8, 4) is 6.07 Å². The SMILES string of the molecule is C[C@H]1CN(C(C#N)C(=O)O)C1NC=O. The average Bonchev–Trinajstić information content (AvgIpc) is 2.14. The number of likely N-dealkylation sites (tertiary alicyclic amines) is 1. The highest BCUT2D eigenvalue weighted by Gasteiger charge is 2.42. The molecule has 0 bridgehead atoms. The third-order valence-corrected chi connectivity index (χ3v) is 2.32. The number of carbonyl (C=O) groups excluding carboxylic acids is 1. The van der Waals surface area contributed by atoms with E-state index in [1.165, 1.54) is 4.90 Å². The number of nitrogens with one attached hydrogen (secondary N) is 1. The highest BCUT2D eigenvalue weighted by molar-refractivity contribution is 5.77. The summed E-state index contributed by atoms with van der Waals surface area (Å²) in [5.41, 5.74) is 0. The minimum absolute atomic E-state index is 0.176. The molecule has 76 valence electrons. The lowest BCUT2D eigenvalue weighted by Gasteiger charge is -2.46. The second-order valence-corrected chi connectivity index (χ2v) is 3.27. The fourth-order valence-corrected chi connectivity index (χ4v) is 1.60. The first-order valence-corrected chi connectivity index (χ1v) is 4.19. The van der Waals surface area contributed by atoms with Gasteiger partial charge in [0.2, 0.25) is 6.41 Å². The summed E-state index contributed by atoms with van der Waals surface area (Å²) in [7, 11) is 0. The van der Waals surface area contributed by atoms with Gasteiger partial charge in [-0.05, 0) is 0 Å². The minimum atomic E-state index is -1.18. The zero-order valence-electron chi connectivity index (χ0n) is 7.67. The molecule has 0 radical (unpaired) electrons. The fourth-order valence-electron chi connectivity index (χ4n) is 1.60. The van der Waals surface area contributed by atoms with Gasteiger partial charge in [0.1, 0.15) is 0 Å². The Hall–Kier alpha value is -1.61. The van der Waals surface area contributed by atoms with Gasteiger partial charge in [0.05, 0.1) is 12.2 Å². The van der Waals surface area contributed by atoms with Gasteiger partial charge in [-0.1, -0.05) is 6.92 Å². The molecular weight excluding hydrogens is 186 g/mol. The minimum Gasteiger partial charge on any atom is -0.479 e. The maximum absolute atomic E-state index is 10.6. The maximum Gasteiger partial charge on any atom is 0.335 e. The second-order valence-electron chi connectivity index (χ2n) is 3.27. The van der Waals surface area contributed by atoms with Crippen LogP contribution in [0.4, 0.5) is 0 Å². The van der Waals surface area contributed by atoms with Crippen LogP contribution in [-0.2, 0) is 9.59 Å². The molecular formula is C8H11N3O3. The van der Waals surface area contributed by atoms with E-state index < -0.39 is 12.0 Å². The van der Waals surface area contributed by atoms with E-state index in [-0.39, 0.29) is 12.1 Å². The third kappa shape index (κ3) is 1.67. The van der Waals surface area contributed by atoms with Crippen LogP contribution in [0.5, 0.6) is 0 Å². The molecule has 0 aromatic rings. The van der Waals surface area contributed by atoms with Gasteiger partial charge in [0.15, 0.2) is 6.04 Å². The topological polar surface area (TPSA) is 93.4 Å². The zero-order chi connectivity index (χ0) is 10.7. The highest BCUT2D eigenvalue weighted by Crippen LogP contribution is 2.24. The van der Waals surface area contributed by atoms with Crippen LogP contribution < -0.4 is 5.32 Å². The van der Waals surface area contributed by atoms with E-state index in [9.17, 15) is 9.59 Å². The molecule has 14 heavy (non-hydrogen) atoms. The normalized spacial score (nSPS) is 28.3. The van der Waals surface area contributed by atoms with Gasteiger partial charge >= 0.3 is 5.97 Å². The quantitative estimate of drug-likeness (QED) is 0.563. The molecule has 1 fully saturated rings. The van der Waals surface area contributed by atoms with Crippen LogP contribution >= 0.6 is 0 Å². The van der Waals surface area contributed by atoms with Crippen molar-refractivity contribution in [2.24, 2.45) is 5.92 Å². The molecule has 0 aromatic carbocycles. The number of aliphatic carboxylic acids is 1. The first-order chi connectivity index (χ1) is 6.61. The number of hydrogen-bond acceptors (Lipinski definition) is 4. The van der Waals surface area contributed by atoms with E-state index in [4.69, 9.17) is 10.4 Å². The Balaban J connectivity index is 2.65. The van der Waals surface area contributed by atoms with Crippen molar-refractivity contribution in [3.05, 3.63) is 0 Å². The lowest BCUT2D eigenvalue weighted by Crippen LogP contribution is -2.66. The summed E-state index contributed by atoms with van der Waals surface area (Å²) >= 11 is 0. The Labute approximate surface area is 81.1 Å². The highest BCUT2D eigenvalue weighted by atomic mass is 16.4. The van der Waals surface area contributed by atoms with Gasteiger partial charge in [-0.2, -0.15) is 5.26 Å². The monoisotopic (exact) mass is 197 g/mol. The van der Waals surface area contributed by atoms with Gasteiger partial charge in [-0.15, -0.1) is 0 Å². The van der Waals surface area contributed by atoms with E-state index in [0.717, 1.165) is 0 Å². The summed E-state index contributed by atoms with van der Waals surface area (Å²) in [6.07, 6.45) is 0.178. The van der Waals surface area contributed by atoms with Crippen molar-refractivity contribution < 1.29 is 14.7 Å². The predicted octanol–water partition coefficient (Wildman–Crippen LogP) is -1.01. The summed E-state index contributed by atoms with van der Waals surface area (Å²) in [6, 6.07) is 0.506. The summed E-state index contributed by atoms with van der Waals surface area (Å²) in [4.78, 5) is 22.3. The van der Waals surface area contributed by atoms with E-state index >= 15 is 0 Å². The molecule has 0 saturated carbocycles. The van der Waals surface area contributed by atoms with Gasteiger partial charge in [-0.3, -0.25) is 9.69 Å². The van der Waals surface area contributed by atoms with Crippen molar-refractivity contribution in [1.29, 1.82) is 5.26 Å². The van der Waals surface area contributed by atoms with E-state index in [1.807, 2.05) is 6.92 Å². The van der Waals surface area contributed by atoms with Crippen LogP contribution in [0.3, 0.4) is 0 Å². The second kappa shape index (κ2) is 4.07. The number of carbonyl (C=O) groups is 2. The van der Waals surface area contributed by atoms with Crippen molar-refractivity contribution >= 4 is 12.4 Å². The molecule has 1 heterocycles. The molecule has 6 nitrogen and oxygen atoms in total. The molecule has 1 amide bonds. The first kappa shape index (κ1) is 10.5. The molecule has 1 aliphatic rings. The molecule has 0 aliphatic carbocycles. The Morgan fingerprint density at radius 2 is 2.50 bits per heavy atom. The van der Waals surface area contributed by atoms with Crippen LogP contribution in [0.1, 0.15) is 6.92 Å². The molecule has 1 rings (SSSR count). The predicted molar refractivity (Wildman–Crippen MR) is 45.9 cm³/mol. The maximum atomic E-state index is 10.6. The largest absolute Gasteiger partial charge is 0.479 e. The summed E-state index contributed by atoms with van der Waals surface area (Å²) in [5.74, 6) is -1.01. The lowest BCUT2D eigenvalue weighted by atomic mass is 9.95. The van der Waals surface area contributed by atoms with Gasteiger partial charge in [-0.25, -0.2) is 4.79 Å². The van der Waals surface area contributed by atoms with Crippen LogP contribution in [-0.4, -0.2) is 41.1 Å². The molecule has 1 saturated heterocycles. The Morgan fingerprint density at radius 3 is 2.86 bits per heavy atom. The molecule has 0 aromatic heterocycles. The summed E-state index contributed by atoms with van der Waals surface area (Å²) < 4.78 is 0. The molecule has 0 spiro atoms. The van der Waals surface area contributed by atoms with Gasteiger partial charge in [0, 0.05) is 12.5 Å². The number of nitrogens with zero attached hydrogens (tertiary/aromatic N) is 2. The molecule has 2 N–H and O–H groups in total. The standard InChI is InChI=1S/C8H11N3O3/c1-5-3-11(7(5)10-4-12)6(2-9)8(13)14/h4-7H,3H2,1H3,(H,10,12)(H,13,14)/t5-,6?,7?/m0/s1. The number of hydrogen-bond donors (Lipinski definition) is 2. The first-order valence-electron chi connectivity index (χ1n) is 4.19. The van der Waals surface area contributed by atoms with Crippen LogP contribution in [0.15, 0.2) is 0 Å². The van der Waals surface area contributed by atoms with Crippen LogP contribution in [0, 0.1) is 17.2 Å². The molecule has 2 unspecified atom stereocenters. The third-order valence-electron chi connectivity index (χ3n) is 2.32. The number of carboxylic acids is 1. The van der Waals surface area contributed by atoms with Gasteiger partial charge in [0.25, 0.3) is 0 Å². The molecule has 6 heteroatoms. The molecule has 3 atom stereocenters. The van der Waals surface area contributed by atoms with Crippen molar-refractivity contribution in [2.45, 2.75) is 19.1 Å². The zero-order valence-corrected chi connectivity index (χ0v) is 7.67. The van der Waals surface area contributed by atoms with Crippen molar-refractivity contribution in [2.75, 3.05) is 6.54 Å². The van der Waals surface area contributed by atoms with Crippen molar-refractivity contribution in [1.82, 2.24) is 10.2 Å². The van der Waals surface area contributed by atoms with Crippen molar-refractivity contribution in [3.63, 3.8) is 0 Å². The number of nitriles is 1. The van der Waals surface area contributed by atoms with E-state index in [2.05, 4.69) is 5.32 Å². The Kier molecular flexibility index (Phi) is 3.04. The summed E-state index contributed by atoms with van der Waals surface area (Å²) in [6.45, 7) is 2.39. The fraction of sp³-hybridized carbons (Fsp3) is 0.625. The van der Waals surface area contributed by atoms with Gasteiger partial charge < -0.3 is 10.4 Å². The molecule has 1 aliphatic heterocycles. The lowest BCUT2D eigenvalue weighted by molar-refractivity contribution is -0.148. The number of carboxylic acid groups (broad SMARTS) is 1. The van der Waals surface area contributed by atoms with Crippen LogP contribution in [0.2, 0.25) is 0 Å². The smallest absolute Gasteiger partial charge is 0.335 e. The average molecular weight is 197 g/mol. The van der Waals surface area contributed by atoms with Crippen LogP contribution in [0.25, 0.3) is 0 Å². The van der Waals surface area contributed by atoms with E-state index in [1.54, 1.807) is 6.07 Å².